The van der Waals surface area contributed by atoms with E-state index in [1.54, 1.807) is 31.9 Å². The molecule has 6 fully saturated rings. The summed E-state index contributed by atoms with van der Waals surface area (Å²) in [6.07, 6.45) is 7.89. The number of rotatable bonds is 16. The minimum Gasteiger partial charge on any atom is -0.487 e. The Hall–Kier alpha value is -3.23. The van der Waals surface area contributed by atoms with Gasteiger partial charge in [-0.2, -0.15) is 4.89 Å². The zero-order valence-electron chi connectivity index (χ0n) is 32.5. The number of aliphatic hydroxyl groups is 1. The molecule has 1 aliphatic heterocycles. The van der Waals surface area contributed by atoms with Crippen molar-refractivity contribution in [3.63, 3.8) is 0 Å². The molecule has 6 aliphatic carbocycles. The van der Waals surface area contributed by atoms with E-state index in [0.717, 1.165) is 66.0 Å². The Morgan fingerprint density at radius 2 is 1.71 bits per heavy atom. The molecule has 13 heteroatoms. The van der Waals surface area contributed by atoms with E-state index in [9.17, 15) is 19.5 Å². The summed E-state index contributed by atoms with van der Waals surface area (Å²) >= 11 is 8.91. The highest BCUT2D eigenvalue weighted by molar-refractivity contribution is 8.03. The molecule has 1 N–H and O–H groups in total. The number of nitrogens with zero attached hydrogens (tertiary/aromatic N) is 1. The second-order valence-electron chi connectivity index (χ2n) is 17.1. The maximum atomic E-state index is 12.9. The van der Waals surface area contributed by atoms with Gasteiger partial charge in [0.05, 0.1) is 43.9 Å². The number of halogens is 1. The molecule has 1 heterocycles. The maximum absolute atomic E-state index is 12.9. The first-order valence-corrected chi connectivity index (χ1v) is 21.0. The number of carbonyl (C=O) groups is 3. The van der Waals surface area contributed by atoms with Gasteiger partial charge in [0.25, 0.3) is 18.7 Å². The Morgan fingerprint density at radius 1 is 1.02 bits per heavy atom. The van der Waals surface area contributed by atoms with Gasteiger partial charge >= 0.3 is 0 Å². The molecule has 9 rings (SSSR count). The third kappa shape index (κ3) is 6.17. The first-order chi connectivity index (χ1) is 26.9. The van der Waals surface area contributed by atoms with E-state index in [4.69, 9.17) is 40.3 Å². The summed E-state index contributed by atoms with van der Waals surface area (Å²) in [5.74, 6) is 1.54. The lowest BCUT2D eigenvalue weighted by molar-refractivity contribution is -0.645. The van der Waals surface area contributed by atoms with Crippen LogP contribution >= 0.6 is 23.4 Å². The number of methoxy groups -OCH3 is 1. The van der Waals surface area contributed by atoms with Crippen LogP contribution in [-0.4, -0.2) is 69.0 Å². The fourth-order valence-corrected chi connectivity index (χ4v) is 13.2. The van der Waals surface area contributed by atoms with Crippen LogP contribution in [-0.2, 0) is 50.8 Å². The van der Waals surface area contributed by atoms with Gasteiger partial charge in [-0.05, 0) is 110 Å². The standard InChI is InChI=1S/C43H51ClNO10S/c1-24-34-35(25(2)48)38(49)36(34)40(53-23-47)41(24)56-15-13-45(3,4)32-9-6-26(7-10-32)21-52-39-29(12-14-51-22-46)8-11-33(37(39)44)43(50-5)42(54-55-43)30-17-27-16-28(19-30)20-31(42)18-27/h6-12,14,22-25,27-28,30-31,34-36,48H,13,15-21H2,1-5H3/q+1/b14-12+/t24-,25-,27?,28?,30?,31?,34-,35-,36?,42?,43?/m1/s1. The van der Waals surface area contributed by atoms with E-state index in [2.05, 4.69) is 33.2 Å². The predicted octanol–water partition coefficient (Wildman–Crippen LogP) is 7.17. The molecule has 2 aromatic carbocycles. The second-order valence-corrected chi connectivity index (χ2v) is 18.6. The van der Waals surface area contributed by atoms with Crippen molar-refractivity contribution in [2.24, 2.45) is 47.3 Å². The third-order valence-corrected chi connectivity index (χ3v) is 15.5. The van der Waals surface area contributed by atoms with Crippen molar-refractivity contribution >= 4 is 53.9 Å². The van der Waals surface area contributed by atoms with Crippen molar-refractivity contribution in [1.82, 2.24) is 4.48 Å². The second kappa shape index (κ2) is 15.2. The normalized spacial score (nSPS) is 34.7. The molecule has 5 saturated carbocycles. The molecule has 0 radical (unpaired) electrons. The van der Waals surface area contributed by atoms with Crippen molar-refractivity contribution in [1.29, 1.82) is 0 Å². The molecule has 11 nitrogen and oxygen atoms in total. The lowest BCUT2D eigenvalue weighted by atomic mass is 9.47. The highest BCUT2D eigenvalue weighted by Crippen LogP contribution is 2.70. The van der Waals surface area contributed by atoms with Crippen LogP contribution in [0.25, 0.3) is 6.08 Å². The van der Waals surface area contributed by atoms with E-state index in [0.29, 0.717) is 56.9 Å². The highest BCUT2D eigenvalue weighted by atomic mass is 35.5. The van der Waals surface area contributed by atoms with Crippen molar-refractivity contribution in [3.05, 3.63) is 75.0 Å². The van der Waals surface area contributed by atoms with Crippen LogP contribution in [0.15, 0.2) is 53.3 Å². The van der Waals surface area contributed by atoms with Gasteiger partial charge in [0.2, 0.25) is 0 Å². The van der Waals surface area contributed by atoms with Gasteiger partial charge in [0.15, 0.2) is 5.60 Å². The minimum absolute atomic E-state index is 0.0167. The van der Waals surface area contributed by atoms with Gasteiger partial charge in [0.1, 0.15) is 29.6 Å². The average molecular weight is 809 g/mol. The van der Waals surface area contributed by atoms with Crippen LogP contribution in [0.5, 0.6) is 5.75 Å². The molecule has 1 spiro atoms. The Morgan fingerprint density at radius 3 is 2.30 bits per heavy atom. The number of allylic oxidation sites excluding steroid dienone is 2. The lowest BCUT2D eigenvalue weighted by Crippen LogP contribution is -2.76. The van der Waals surface area contributed by atoms with Crippen LogP contribution < -0.4 is 9.22 Å². The maximum Gasteiger partial charge on any atom is 0.298 e. The van der Waals surface area contributed by atoms with Gasteiger partial charge in [-0.1, -0.05) is 30.7 Å². The zero-order chi connectivity index (χ0) is 39.6. The third-order valence-electron chi connectivity index (χ3n) is 13.9. The summed E-state index contributed by atoms with van der Waals surface area (Å²) in [5, 5.41) is 10.6. The van der Waals surface area contributed by atoms with Gasteiger partial charge in [-0.25, -0.2) is 4.89 Å². The Balaban J connectivity index is 0.970. The molecule has 2 aromatic rings. The Kier molecular flexibility index (Phi) is 10.7. The quantitative estimate of drug-likeness (QED) is 0.0804. The fraction of sp³-hybridized carbons (Fsp3) is 0.558. The summed E-state index contributed by atoms with van der Waals surface area (Å²) in [6, 6.07) is 12.0. The topological polar surface area (TPSA) is 127 Å². The molecular weight excluding hydrogens is 758 g/mol. The summed E-state index contributed by atoms with van der Waals surface area (Å²) in [4.78, 5) is 48.3. The predicted molar refractivity (Wildman–Crippen MR) is 211 cm³/mol. The van der Waals surface area contributed by atoms with E-state index >= 15 is 0 Å². The minimum atomic E-state index is -1.18. The summed E-state index contributed by atoms with van der Waals surface area (Å²) in [6.45, 7) is 5.45. The molecule has 300 valence electrons. The summed E-state index contributed by atoms with van der Waals surface area (Å²) in [5.41, 5.74) is 2.69. The number of carbonyl (C=O) groups excluding carboxylic acids is 3. The molecular formula is C43H51ClNO10S+. The van der Waals surface area contributed by atoms with Crippen molar-refractivity contribution in [3.8, 4) is 5.75 Å². The van der Waals surface area contributed by atoms with Crippen molar-refractivity contribution in [2.45, 2.75) is 70.1 Å². The molecule has 1 saturated heterocycles. The number of benzene rings is 2. The van der Waals surface area contributed by atoms with E-state index < -0.39 is 29.3 Å². The number of hydrogen-bond donors (Lipinski definition) is 1. The van der Waals surface area contributed by atoms with E-state index in [-0.39, 0.29) is 24.2 Å². The highest BCUT2D eigenvalue weighted by Gasteiger charge is 2.77. The van der Waals surface area contributed by atoms with E-state index in [1.165, 1.54) is 12.7 Å². The number of quaternary nitrogens is 1. The molecule has 56 heavy (non-hydrogen) atoms. The van der Waals surface area contributed by atoms with Crippen LogP contribution in [0.2, 0.25) is 5.02 Å². The Bertz CT molecular complexity index is 1900. The molecule has 6 atom stereocenters. The van der Waals surface area contributed by atoms with E-state index in [1.807, 2.05) is 24.3 Å². The first-order valence-electron chi connectivity index (χ1n) is 19.7. The number of Topliss-reactive ketones (excluding diaryl/α,β-unsaturated/α-hetero) is 1. The molecule has 0 amide bonds. The number of hydrogen-bond acceptors (Lipinski definition) is 11. The van der Waals surface area contributed by atoms with Gasteiger partial charge < -0.3 is 24.1 Å². The summed E-state index contributed by atoms with van der Waals surface area (Å²) in [7, 11) is 5.93. The largest absolute Gasteiger partial charge is 0.487 e. The average Bonchev–Trinajstić information content (AvgIpc) is 3.38. The smallest absolute Gasteiger partial charge is 0.298 e. The van der Waals surface area contributed by atoms with Crippen LogP contribution in [0, 0.1) is 47.3 Å². The van der Waals surface area contributed by atoms with Crippen LogP contribution in [0.4, 0.5) is 5.69 Å². The Labute approximate surface area is 337 Å². The molecule has 4 bridgehead atoms. The first kappa shape index (κ1) is 39.6. The van der Waals surface area contributed by atoms with Crippen LogP contribution in [0.3, 0.4) is 0 Å². The zero-order valence-corrected chi connectivity index (χ0v) is 34.1. The van der Waals surface area contributed by atoms with Crippen molar-refractivity contribution in [2.75, 3.05) is 33.5 Å². The number of ketones is 1. The number of aliphatic hydroxyl groups excluding tert-OH is 1. The SMILES string of the molecule is COC1(c2ccc(/C=C/OC=O)c(OCc3ccc([N+](C)(C)CCSC4=C(OC=O)C5C(=O)[C@H]([C@@H](C)O)[C@H]5[C@H]4C)cc3)c2Cl)OOC12C1CC3CC(C1)CC2C3. The van der Waals surface area contributed by atoms with Crippen molar-refractivity contribution < 1.29 is 48.2 Å². The number of ether oxygens (including phenoxy) is 4. The lowest BCUT2D eigenvalue weighted by Gasteiger charge is -2.68. The summed E-state index contributed by atoms with van der Waals surface area (Å²) < 4.78 is 23.7. The van der Waals surface area contributed by atoms with Gasteiger partial charge in [0, 0.05) is 34.8 Å². The number of thioether (sulfide) groups is 1. The van der Waals surface area contributed by atoms with Gasteiger partial charge in [-0.3, -0.25) is 18.9 Å². The molecule has 0 aromatic heterocycles. The molecule has 2 unspecified atom stereocenters. The van der Waals surface area contributed by atoms with Crippen LogP contribution in [0.1, 0.15) is 62.6 Å². The molecule has 7 aliphatic rings. The monoisotopic (exact) mass is 808 g/mol. The fourth-order valence-electron chi connectivity index (χ4n) is 11.3. The number of fused-ring (bicyclic) bond motifs is 1. The van der Waals surface area contributed by atoms with Gasteiger partial charge in [-0.15, -0.1) is 11.8 Å².